The van der Waals surface area contributed by atoms with E-state index in [4.69, 9.17) is 0 Å². The lowest BCUT2D eigenvalue weighted by Crippen LogP contribution is -2.19. The Morgan fingerprint density at radius 1 is 1.35 bits per heavy atom. The first-order chi connectivity index (χ1) is 9.54. The molecule has 0 aliphatic carbocycles. The molecule has 108 valence electrons. The summed E-state index contributed by atoms with van der Waals surface area (Å²) >= 11 is 1.49. The number of hydrogen-bond acceptors (Lipinski definition) is 5. The molecular formula is C14H21N5S. The molecule has 2 aromatic heterocycles. The molecule has 2 rings (SSSR count). The highest BCUT2D eigenvalue weighted by molar-refractivity contribution is 7.99. The van der Waals surface area contributed by atoms with E-state index in [-0.39, 0.29) is 0 Å². The van der Waals surface area contributed by atoms with Gasteiger partial charge in [0.2, 0.25) is 5.16 Å². The first-order valence-electron chi connectivity index (χ1n) is 6.77. The Balaban J connectivity index is 1.98. The average Bonchev–Trinajstić information content (AvgIpc) is 2.78. The van der Waals surface area contributed by atoms with Crippen molar-refractivity contribution in [1.29, 1.82) is 0 Å². The summed E-state index contributed by atoms with van der Waals surface area (Å²) < 4.78 is 0. The van der Waals surface area contributed by atoms with Crippen LogP contribution >= 0.6 is 11.8 Å². The highest BCUT2D eigenvalue weighted by atomic mass is 32.2. The summed E-state index contributed by atoms with van der Waals surface area (Å²) in [7, 11) is 0. The lowest BCUT2D eigenvalue weighted by Gasteiger charge is -2.09. The maximum absolute atomic E-state index is 4.51. The zero-order chi connectivity index (χ0) is 14.5. The van der Waals surface area contributed by atoms with Gasteiger partial charge in [-0.2, -0.15) is 0 Å². The lowest BCUT2D eigenvalue weighted by atomic mass is 10.2. The summed E-state index contributed by atoms with van der Waals surface area (Å²) in [4.78, 5) is 8.79. The number of H-pyrrole nitrogens is 1. The van der Waals surface area contributed by atoms with Crippen LogP contribution in [0, 0.1) is 19.8 Å². The van der Waals surface area contributed by atoms with Gasteiger partial charge in [-0.3, -0.25) is 5.10 Å². The van der Waals surface area contributed by atoms with Crippen molar-refractivity contribution in [2.24, 2.45) is 5.92 Å². The number of aryl methyl sites for hydroxylation is 2. The van der Waals surface area contributed by atoms with E-state index in [0.717, 1.165) is 29.5 Å². The topological polar surface area (TPSA) is 66.5 Å². The molecule has 0 amide bonds. The maximum Gasteiger partial charge on any atom is 0.214 e. The molecule has 0 spiro atoms. The van der Waals surface area contributed by atoms with Crippen molar-refractivity contribution in [2.75, 3.05) is 6.54 Å². The van der Waals surface area contributed by atoms with Gasteiger partial charge in [0.1, 0.15) is 10.9 Å². The minimum atomic E-state index is 0.660. The molecule has 20 heavy (non-hydrogen) atoms. The number of pyridine rings is 1. The molecule has 2 heterocycles. The Bertz CT molecular complexity index is 564. The molecule has 0 aromatic carbocycles. The summed E-state index contributed by atoms with van der Waals surface area (Å²) in [5, 5.41) is 12.0. The molecule has 0 bridgehead atoms. The van der Waals surface area contributed by atoms with Gasteiger partial charge in [-0.05, 0) is 49.2 Å². The van der Waals surface area contributed by atoms with E-state index in [2.05, 4.69) is 52.3 Å². The van der Waals surface area contributed by atoms with Gasteiger partial charge >= 0.3 is 0 Å². The van der Waals surface area contributed by atoms with Gasteiger partial charge in [0, 0.05) is 12.7 Å². The predicted molar refractivity (Wildman–Crippen MR) is 80.8 cm³/mol. The molecule has 5 nitrogen and oxygen atoms in total. The minimum Gasteiger partial charge on any atom is -0.312 e. The fourth-order valence-electron chi connectivity index (χ4n) is 1.78. The highest BCUT2D eigenvalue weighted by Gasteiger charge is 2.08. The quantitative estimate of drug-likeness (QED) is 0.856. The molecule has 2 aromatic rings. The molecular weight excluding hydrogens is 270 g/mol. The van der Waals surface area contributed by atoms with Crippen molar-refractivity contribution in [3.05, 3.63) is 29.2 Å². The lowest BCUT2D eigenvalue weighted by molar-refractivity contribution is 0.551. The van der Waals surface area contributed by atoms with E-state index < -0.39 is 0 Å². The minimum absolute atomic E-state index is 0.660. The zero-order valence-electron chi connectivity index (χ0n) is 12.4. The third-order valence-electron chi connectivity index (χ3n) is 2.73. The Labute approximate surface area is 124 Å². The van der Waals surface area contributed by atoms with Crippen LogP contribution in [-0.4, -0.2) is 26.7 Å². The standard InChI is InChI=1S/C14H21N5S/c1-9(2)6-15-7-12-5-10(3)13(16-8-12)20-14-17-11(4)18-19-14/h5,8-9,15H,6-7H2,1-4H3,(H,17,18,19). The smallest absolute Gasteiger partial charge is 0.214 e. The Hall–Kier alpha value is -1.40. The monoisotopic (exact) mass is 291 g/mol. The molecule has 0 aliphatic rings. The fourth-order valence-corrected chi connectivity index (χ4v) is 2.56. The third kappa shape index (κ3) is 4.31. The van der Waals surface area contributed by atoms with Gasteiger partial charge in [0.15, 0.2) is 0 Å². The normalized spacial score (nSPS) is 11.2. The van der Waals surface area contributed by atoms with Crippen molar-refractivity contribution in [1.82, 2.24) is 25.5 Å². The van der Waals surface area contributed by atoms with E-state index in [1.165, 1.54) is 17.3 Å². The fraction of sp³-hybridized carbons (Fsp3) is 0.500. The van der Waals surface area contributed by atoms with Crippen LogP contribution < -0.4 is 5.32 Å². The van der Waals surface area contributed by atoms with Gasteiger partial charge in [-0.25, -0.2) is 9.97 Å². The molecule has 0 saturated carbocycles. The average molecular weight is 291 g/mol. The number of aromatic nitrogens is 4. The highest BCUT2D eigenvalue weighted by Crippen LogP contribution is 2.25. The second-order valence-corrected chi connectivity index (χ2v) is 6.25. The Kier molecular flexibility index (Phi) is 5.14. The number of nitrogens with zero attached hydrogens (tertiary/aromatic N) is 3. The first kappa shape index (κ1) is 15.0. The summed E-state index contributed by atoms with van der Waals surface area (Å²) in [6.45, 7) is 10.2. The molecule has 0 unspecified atom stereocenters. The van der Waals surface area contributed by atoms with Crippen molar-refractivity contribution in [3.8, 4) is 0 Å². The third-order valence-corrected chi connectivity index (χ3v) is 3.72. The Morgan fingerprint density at radius 2 is 2.15 bits per heavy atom. The molecule has 2 N–H and O–H groups in total. The number of aromatic amines is 1. The zero-order valence-corrected chi connectivity index (χ0v) is 13.2. The van der Waals surface area contributed by atoms with E-state index in [1.54, 1.807) is 0 Å². The van der Waals surface area contributed by atoms with Crippen LogP contribution in [-0.2, 0) is 6.54 Å². The van der Waals surface area contributed by atoms with Crippen LogP contribution in [0.3, 0.4) is 0 Å². The van der Waals surface area contributed by atoms with E-state index in [0.29, 0.717) is 11.1 Å². The van der Waals surface area contributed by atoms with E-state index >= 15 is 0 Å². The van der Waals surface area contributed by atoms with Crippen molar-refractivity contribution >= 4 is 11.8 Å². The van der Waals surface area contributed by atoms with Crippen LogP contribution in [0.1, 0.15) is 30.8 Å². The largest absolute Gasteiger partial charge is 0.312 e. The Morgan fingerprint density at radius 3 is 2.75 bits per heavy atom. The maximum atomic E-state index is 4.51. The molecule has 0 radical (unpaired) electrons. The van der Waals surface area contributed by atoms with Crippen LogP contribution in [0.2, 0.25) is 0 Å². The SMILES string of the molecule is Cc1nc(Sc2ncc(CNCC(C)C)cc2C)n[nH]1. The number of nitrogens with one attached hydrogen (secondary N) is 2. The van der Waals surface area contributed by atoms with Crippen LogP contribution in [0.5, 0.6) is 0 Å². The predicted octanol–water partition coefficient (Wildman–Crippen LogP) is 2.71. The summed E-state index contributed by atoms with van der Waals surface area (Å²) in [5.41, 5.74) is 2.36. The summed E-state index contributed by atoms with van der Waals surface area (Å²) in [6.07, 6.45) is 1.92. The molecule has 0 atom stereocenters. The molecule has 0 fully saturated rings. The van der Waals surface area contributed by atoms with Gasteiger partial charge in [-0.15, -0.1) is 5.10 Å². The van der Waals surface area contributed by atoms with Crippen LogP contribution in [0.25, 0.3) is 0 Å². The first-order valence-corrected chi connectivity index (χ1v) is 7.59. The van der Waals surface area contributed by atoms with Gasteiger partial charge < -0.3 is 5.32 Å². The number of hydrogen-bond donors (Lipinski definition) is 2. The van der Waals surface area contributed by atoms with Crippen LogP contribution in [0.4, 0.5) is 0 Å². The summed E-state index contributed by atoms with van der Waals surface area (Å²) in [6, 6.07) is 2.17. The van der Waals surface area contributed by atoms with Crippen molar-refractivity contribution < 1.29 is 0 Å². The molecule has 0 saturated heterocycles. The van der Waals surface area contributed by atoms with Gasteiger partial charge in [0.05, 0.1) is 0 Å². The number of rotatable bonds is 6. The summed E-state index contributed by atoms with van der Waals surface area (Å²) in [5.74, 6) is 1.48. The van der Waals surface area contributed by atoms with Gasteiger partial charge in [-0.1, -0.05) is 19.9 Å². The second-order valence-electron chi connectivity index (χ2n) is 5.30. The van der Waals surface area contributed by atoms with Crippen molar-refractivity contribution in [2.45, 2.75) is 44.4 Å². The van der Waals surface area contributed by atoms with Gasteiger partial charge in [0.25, 0.3) is 0 Å². The van der Waals surface area contributed by atoms with Crippen LogP contribution in [0.15, 0.2) is 22.4 Å². The van der Waals surface area contributed by atoms with E-state index in [9.17, 15) is 0 Å². The second kappa shape index (κ2) is 6.85. The molecule has 6 heteroatoms. The van der Waals surface area contributed by atoms with Crippen molar-refractivity contribution in [3.63, 3.8) is 0 Å². The van der Waals surface area contributed by atoms with E-state index in [1.807, 2.05) is 13.1 Å². The molecule has 0 aliphatic heterocycles.